The zero-order valence-corrected chi connectivity index (χ0v) is 18.6. The molecular weight excluding hydrogens is 402 g/mol. The predicted octanol–water partition coefficient (Wildman–Crippen LogP) is 1.93. The van der Waals surface area contributed by atoms with Gasteiger partial charge in [-0.3, -0.25) is 4.79 Å². The number of ether oxygens (including phenoxy) is 1. The maximum Gasteiger partial charge on any atom is 0.251 e. The number of rotatable bonds is 7. The van der Waals surface area contributed by atoms with E-state index in [0.717, 1.165) is 25.9 Å². The van der Waals surface area contributed by atoms with Crippen LogP contribution in [0.1, 0.15) is 44.0 Å². The lowest BCUT2D eigenvalue weighted by atomic mass is 9.79. The van der Waals surface area contributed by atoms with Crippen molar-refractivity contribution in [2.75, 3.05) is 33.4 Å². The van der Waals surface area contributed by atoms with Crippen molar-refractivity contribution in [2.45, 2.75) is 44.0 Å². The van der Waals surface area contributed by atoms with Gasteiger partial charge in [-0.05, 0) is 71.0 Å². The molecule has 7 nitrogen and oxygen atoms in total. The third-order valence-electron chi connectivity index (χ3n) is 4.61. The molecule has 0 radical (unpaired) electrons. The second-order valence-electron chi connectivity index (χ2n) is 8.25. The molecule has 28 heavy (non-hydrogen) atoms. The summed E-state index contributed by atoms with van der Waals surface area (Å²) in [6, 6.07) is 5.99. The van der Waals surface area contributed by atoms with Crippen LogP contribution in [-0.4, -0.2) is 53.2 Å². The molecule has 1 heterocycles. The molecule has 1 aliphatic rings. The van der Waals surface area contributed by atoms with E-state index in [1.807, 2.05) is 0 Å². The lowest BCUT2D eigenvalue weighted by molar-refractivity contribution is 0.0511. The minimum atomic E-state index is -3.61. The molecule has 0 unspecified atom stereocenters. The van der Waals surface area contributed by atoms with Crippen molar-refractivity contribution >= 4 is 28.3 Å². The molecule has 1 amide bonds. The minimum Gasteiger partial charge on any atom is -0.384 e. The minimum absolute atomic E-state index is 0. The van der Waals surface area contributed by atoms with Crippen LogP contribution in [0.5, 0.6) is 0 Å². The Balaban J connectivity index is 0.00000392. The van der Waals surface area contributed by atoms with Gasteiger partial charge in [0.25, 0.3) is 5.91 Å². The Hall–Kier alpha value is -1.19. The summed E-state index contributed by atoms with van der Waals surface area (Å²) in [4.78, 5) is 12.6. The Bertz CT molecular complexity index is 734. The molecule has 9 heteroatoms. The molecule has 0 spiro atoms. The molecule has 0 aliphatic carbocycles. The number of halogens is 1. The first kappa shape index (κ1) is 24.8. The van der Waals surface area contributed by atoms with Crippen molar-refractivity contribution in [3.8, 4) is 0 Å². The average molecular weight is 434 g/mol. The number of hydrogen-bond acceptors (Lipinski definition) is 5. The predicted molar refractivity (Wildman–Crippen MR) is 113 cm³/mol. The molecule has 3 N–H and O–H groups in total. The summed E-state index contributed by atoms with van der Waals surface area (Å²) in [6.45, 7) is 8.30. The van der Waals surface area contributed by atoms with E-state index in [2.05, 4.69) is 15.4 Å². The fourth-order valence-corrected chi connectivity index (χ4v) is 4.67. The summed E-state index contributed by atoms with van der Waals surface area (Å²) >= 11 is 0. The highest BCUT2D eigenvalue weighted by Gasteiger charge is 2.32. The number of sulfonamides is 1. The Kier molecular flexibility index (Phi) is 8.90. The largest absolute Gasteiger partial charge is 0.384 e. The number of nitrogens with one attached hydrogen (secondary N) is 3. The molecule has 2 rings (SSSR count). The first-order valence-corrected chi connectivity index (χ1v) is 10.7. The van der Waals surface area contributed by atoms with E-state index >= 15 is 0 Å². The molecule has 0 saturated carbocycles. The third kappa shape index (κ3) is 7.00. The Morgan fingerprint density at radius 3 is 2.25 bits per heavy atom. The zero-order valence-electron chi connectivity index (χ0n) is 17.0. The maximum absolute atomic E-state index is 12.5. The van der Waals surface area contributed by atoms with Gasteiger partial charge in [0.2, 0.25) is 10.0 Å². The van der Waals surface area contributed by atoms with Gasteiger partial charge in [-0.2, -0.15) is 0 Å². The van der Waals surface area contributed by atoms with E-state index in [1.54, 1.807) is 27.9 Å². The van der Waals surface area contributed by atoms with Crippen LogP contribution in [0.15, 0.2) is 29.2 Å². The Morgan fingerprint density at radius 2 is 1.75 bits per heavy atom. The van der Waals surface area contributed by atoms with E-state index in [9.17, 15) is 13.2 Å². The van der Waals surface area contributed by atoms with Crippen molar-refractivity contribution < 1.29 is 17.9 Å². The van der Waals surface area contributed by atoms with Crippen molar-refractivity contribution in [3.63, 3.8) is 0 Å². The quantitative estimate of drug-likeness (QED) is 0.610. The van der Waals surface area contributed by atoms with Gasteiger partial charge in [0, 0.05) is 30.2 Å². The van der Waals surface area contributed by atoms with Crippen molar-refractivity contribution in [1.82, 2.24) is 15.4 Å². The fraction of sp³-hybridized carbons (Fsp3) is 0.632. The van der Waals surface area contributed by atoms with Crippen LogP contribution in [0.25, 0.3) is 0 Å². The van der Waals surface area contributed by atoms with E-state index in [-0.39, 0.29) is 28.6 Å². The molecule has 1 fully saturated rings. The maximum atomic E-state index is 12.5. The van der Waals surface area contributed by atoms with Gasteiger partial charge < -0.3 is 15.4 Å². The molecule has 1 aromatic carbocycles. The monoisotopic (exact) mass is 433 g/mol. The van der Waals surface area contributed by atoms with Gasteiger partial charge in [0.1, 0.15) is 0 Å². The third-order valence-corrected chi connectivity index (χ3v) is 6.38. The molecular formula is C19H32ClN3O4S. The van der Waals surface area contributed by atoms with Crippen LogP contribution < -0.4 is 15.4 Å². The summed E-state index contributed by atoms with van der Waals surface area (Å²) in [6.07, 6.45) is 1.88. The average Bonchev–Trinajstić information content (AvgIpc) is 2.59. The number of amides is 1. The fourth-order valence-electron chi connectivity index (χ4n) is 3.25. The van der Waals surface area contributed by atoms with Crippen LogP contribution in [0, 0.1) is 5.41 Å². The number of carbonyl (C=O) groups excluding carboxylic acids is 1. The van der Waals surface area contributed by atoms with Crippen LogP contribution >= 0.6 is 12.4 Å². The van der Waals surface area contributed by atoms with Crippen molar-refractivity contribution in [1.29, 1.82) is 0 Å². The first-order valence-electron chi connectivity index (χ1n) is 9.19. The van der Waals surface area contributed by atoms with Crippen LogP contribution in [0.4, 0.5) is 0 Å². The van der Waals surface area contributed by atoms with Crippen LogP contribution in [0.2, 0.25) is 0 Å². The summed E-state index contributed by atoms with van der Waals surface area (Å²) in [5.41, 5.74) is -0.194. The standard InChI is InChI=1S/C19H31N3O4S.ClH/c1-18(2,3)22-27(24,25)16-7-5-15(6-8-16)17(23)21-13-19(14-26-4)9-11-20-12-10-19;/h5-8,20,22H,9-14H2,1-4H3,(H,21,23);1H. The normalized spacial score (nSPS) is 16.9. The van der Waals surface area contributed by atoms with E-state index in [0.29, 0.717) is 18.7 Å². The summed E-state index contributed by atoms with van der Waals surface area (Å²) in [5.74, 6) is -0.211. The van der Waals surface area contributed by atoms with Crippen LogP contribution in [-0.2, 0) is 14.8 Å². The summed E-state index contributed by atoms with van der Waals surface area (Å²) < 4.78 is 32.6. The number of methoxy groups -OCH3 is 1. The topological polar surface area (TPSA) is 96.5 Å². The first-order chi connectivity index (χ1) is 12.6. The summed E-state index contributed by atoms with van der Waals surface area (Å²) in [7, 11) is -1.94. The highest BCUT2D eigenvalue weighted by Crippen LogP contribution is 2.28. The van der Waals surface area contributed by atoms with Gasteiger partial charge in [-0.15, -0.1) is 12.4 Å². The van der Waals surface area contributed by atoms with Gasteiger partial charge in [-0.25, -0.2) is 13.1 Å². The van der Waals surface area contributed by atoms with Crippen molar-refractivity contribution in [2.24, 2.45) is 5.41 Å². The summed E-state index contributed by atoms with van der Waals surface area (Å²) in [5, 5.41) is 6.30. The Morgan fingerprint density at radius 1 is 1.18 bits per heavy atom. The van der Waals surface area contributed by atoms with Gasteiger partial charge in [0.15, 0.2) is 0 Å². The molecule has 1 aromatic rings. The van der Waals surface area contributed by atoms with Gasteiger partial charge in [-0.1, -0.05) is 0 Å². The Labute approximate surface area is 174 Å². The molecule has 0 atom stereocenters. The van der Waals surface area contributed by atoms with Crippen LogP contribution in [0.3, 0.4) is 0 Å². The van der Waals surface area contributed by atoms with Crippen molar-refractivity contribution in [3.05, 3.63) is 29.8 Å². The van der Waals surface area contributed by atoms with E-state index in [1.165, 1.54) is 24.3 Å². The van der Waals surface area contributed by atoms with Gasteiger partial charge >= 0.3 is 0 Å². The van der Waals surface area contributed by atoms with E-state index < -0.39 is 15.6 Å². The smallest absolute Gasteiger partial charge is 0.251 e. The second kappa shape index (κ2) is 10.0. The lowest BCUT2D eigenvalue weighted by Gasteiger charge is -2.37. The van der Waals surface area contributed by atoms with Gasteiger partial charge in [0.05, 0.1) is 11.5 Å². The number of piperidine rings is 1. The lowest BCUT2D eigenvalue weighted by Crippen LogP contribution is -2.47. The molecule has 1 aliphatic heterocycles. The number of carbonyl (C=O) groups is 1. The molecule has 160 valence electrons. The highest BCUT2D eigenvalue weighted by molar-refractivity contribution is 7.89. The van der Waals surface area contributed by atoms with E-state index in [4.69, 9.17) is 4.74 Å². The molecule has 0 aromatic heterocycles. The highest BCUT2D eigenvalue weighted by atomic mass is 35.5. The molecule has 0 bridgehead atoms. The number of benzene rings is 1. The SMILES string of the molecule is COCC1(CNC(=O)c2ccc(S(=O)(=O)NC(C)(C)C)cc2)CCNCC1.Cl. The second-order valence-corrected chi connectivity index (χ2v) is 9.93. The zero-order chi connectivity index (χ0) is 20.1. The number of hydrogen-bond donors (Lipinski definition) is 3. The molecule has 1 saturated heterocycles.